The quantitative estimate of drug-likeness (QED) is 0.828. The van der Waals surface area contributed by atoms with Gasteiger partial charge >= 0.3 is 0 Å². The predicted octanol–water partition coefficient (Wildman–Crippen LogP) is 2.89. The Bertz CT molecular complexity index is 469. The fourth-order valence-electron chi connectivity index (χ4n) is 2.39. The van der Waals surface area contributed by atoms with Crippen molar-refractivity contribution >= 4 is 0 Å². The minimum atomic E-state index is 0.453. The van der Waals surface area contributed by atoms with Gasteiger partial charge in [-0.2, -0.15) is 5.10 Å². The smallest absolute Gasteiger partial charge is 0.0924 e. The lowest BCUT2D eigenvalue weighted by atomic mass is 10.0. The van der Waals surface area contributed by atoms with Crippen molar-refractivity contribution in [1.29, 1.82) is 0 Å². The molecule has 3 nitrogen and oxygen atoms in total. The van der Waals surface area contributed by atoms with Crippen LogP contribution in [0.4, 0.5) is 0 Å². The molecule has 1 saturated heterocycles. The Kier molecular flexibility index (Phi) is 2.92. The van der Waals surface area contributed by atoms with Gasteiger partial charge < -0.3 is 5.32 Å². The Hall–Kier alpha value is -1.61. The van der Waals surface area contributed by atoms with Gasteiger partial charge in [-0.25, -0.2) is 0 Å². The zero-order valence-electron chi connectivity index (χ0n) is 9.82. The second kappa shape index (κ2) is 4.72. The van der Waals surface area contributed by atoms with Crippen molar-refractivity contribution in [2.75, 3.05) is 6.54 Å². The summed E-state index contributed by atoms with van der Waals surface area (Å²) in [7, 11) is 0. The average molecular weight is 227 g/mol. The van der Waals surface area contributed by atoms with E-state index in [1.54, 1.807) is 0 Å². The van der Waals surface area contributed by atoms with Crippen LogP contribution in [0.25, 0.3) is 11.3 Å². The molecule has 2 aromatic rings. The summed E-state index contributed by atoms with van der Waals surface area (Å²) in [5, 5.41) is 11.1. The van der Waals surface area contributed by atoms with Crippen molar-refractivity contribution in [3.63, 3.8) is 0 Å². The molecule has 1 fully saturated rings. The van der Waals surface area contributed by atoms with E-state index in [2.05, 4.69) is 33.7 Å². The van der Waals surface area contributed by atoms with E-state index >= 15 is 0 Å². The molecule has 1 atom stereocenters. The van der Waals surface area contributed by atoms with Gasteiger partial charge in [0.1, 0.15) is 0 Å². The lowest BCUT2D eigenvalue weighted by Gasteiger charge is -2.21. The summed E-state index contributed by atoms with van der Waals surface area (Å²) < 4.78 is 0. The summed E-state index contributed by atoms with van der Waals surface area (Å²) in [5.74, 6) is 0. The number of benzene rings is 1. The predicted molar refractivity (Wildman–Crippen MR) is 68.6 cm³/mol. The van der Waals surface area contributed by atoms with Gasteiger partial charge in [-0.05, 0) is 25.5 Å². The lowest BCUT2D eigenvalue weighted by Crippen LogP contribution is -2.26. The number of piperidine rings is 1. The van der Waals surface area contributed by atoms with Crippen LogP contribution in [-0.4, -0.2) is 16.7 Å². The highest BCUT2D eigenvalue weighted by Crippen LogP contribution is 2.25. The van der Waals surface area contributed by atoms with Crippen molar-refractivity contribution < 1.29 is 0 Å². The van der Waals surface area contributed by atoms with Crippen LogP contribution in [0.1, 0.15) is 31.0 Å². The van der Waals surface area contributed by atoms with E-state index < -0.39 is 0 Å². The molecule has 1 aliphatic heterocycles. The normalized spacial score (nSPS) is 20.4. The third kappa shape index (κ3) is 2.24. The Morgan fingerprint density at radius 1 is 1.12 bits per heavy atom. The molecule has 0 spiro atoms. The largest absolute Gasteiger partial charge is 0.309 e. The number of hydrogen-bond acceptors (Lipinski definition) is 2. The van der Waals surface area contributed by atoms with Crippen LogP contribution in [0.15, 0.2) is 36.4 Å². The van der Waals surface area contributed by atoms with Crippen LogP contribution in [0.5, 0.6) is 0 Å². The summed E-state index contributed by atoms with van der Waals surface area (Å²) in [6.45, 7) is 1.12. The molecule has 3 rings (SSSR count). The molecule has 88 valence electrons. The van der Waals surface area contributed by atoms with E-state index in [1.807, 2.05) is 18.2 Å². The molecule has 0 unspecified atom stereocenters. The molecule has 1 aromatic carbocycles. The van der Waals surface area contributed by atoms with Crippen LogP contribution >= 0.6 is 0 Å². The average Bonchev–Trinajstić information content (AvgIpc) is 2.90. The zero-order chi connectivity index (χ0) is 11.5. The molecule has 3 heteroatoms. The molecule has 2 N–H and O–H groups in total. The van der Waals surface area contributed by atoms with Gasteiger partial charge in [0.15, 0.2) is 0 Å². The van der Waals surface area contributed by atoms with Crippen molar-refractivity contribution in [1.82, 2.24) is 15.5 Å². The van der Waals surface area contributed by atoms with Crippen LogP contribution in [-0.2, 0) is 0 Å². The van der Waals surface area contributed by atoms with Crippen LogP contribution < -0.4 is 5.32 Å². The van der Waals surface area contributed by atoms with E-state index in [0.717, 1.165) is 12.2 Å². The van der Waals surface area contributed by atoms with Crippen LogP contribution in [0.2, 0.25) is 0 Å². The number of aromatic nitrogens is 2. The van der Waals surface area contributed by atoms with E-state index in [4.69, 9.17) is 0 Å². The standard InChI is InChI=1S/C14H17N3/c1-2-6-11(7-3-1)13-10-14(17-16-13)12-8-4-5-9-15-12/h1-3,6-7,10,12,15H,4-5,8-9H2,(H,16,17)/t12-/m0/s1. The maximum Gasteiger partial charge on any atom is 0.0924 e. The fraction of sp³-hybridized carbons (Fsp3) is 0.357. The fourth-order valence-corrected chi connectivity index (χ4v) is 2.39. The van der Waals surface area contributed by atoms with Crippen molar-refractivity contribution in [2.24, 2.45) is 0 Å². The third-order valence-corrected chi connectivity index (χ3v) is 3.35. The molecule has 2 heterocycles. The first-order chi connectivity index (χ1) is 8.43. The first-order valence-electron chi connectivity index (χ1n) is 6.27. The van der Waals surface area contributed by atoms with Gasteiger partial charge in [0, 0.05) is 11.6 Å². The van der Waals surface area contributed by atoms with E-state index in [0.29, 0.717) is 6.04 Å². The maximum atomic E-state index is 4.40. The van der Waals surface area contributed by atoms with Crippen molar-refractivity contribution in [3.05, 3.63) is 42.1 Å². The number of nitrogens with one attached hydrogen (secondary N) is 2. The van der Waals surface area contributed by atoms with E-state index in [9.17, 15) is 0 Å². The Labute approximate surface area is 101 Å². The van der Waals surface area contributed by atoms with Gasteiger partial charge in [-0.3, -0.25) is 5.10 Å². The molecule has 1 aliphatic rings. The van der Waals surface area contributed by atoms with Crippen molar-refractivity contribution in [3.8, 4) is 11.3 Å². The van der Waals surface area contributed by atoms with E-state index in [1.165, 1.54) is 30.5 Å². The number of H-pyrrole nitrogens is 1. The highest BCUT2D eigenvalue weighted by molar-refractivity contribution is 5.59. The van der Waals surface area contributed by atoms with Gasteiger partial charge in [0.05, 0.1) is 11.4 Å². The molecule has 0 aliphatic carbocycles. The number of aromatic amines is 1. The Morgan fingerprint density at radius 3 is 2.76 bits per heavy atom. The second-order valence-electron chi connectivity index (χ2n) is 4.58. The molecule has 1 aromatic heterocycles. The van der Waals surface area contributed by atoms with Crippen LogP contribution in [0.3, 0.4) is 0 Å². The zero-order valence-corrected chi connectivity index (χ0v) is 9.82. The van der Waals surface area contributed by atoms with Crippen LogP contribution in [0, 0.1) is 0 Å². The maximum absolute atomic E-state index is 4.40. The SMILES string of the molecule is c1ccc(-c2cc([C@@H]3CCCCN3)[nH]n2)cc1. The Balaban J connectivity index is 1.83. The topological polar surface area (TPSA) is 40.7 Å². The number of nitrogens with zero attached hydrogens (tertiary/aromatic N) is 1. The second-order valence-corrected chi connectivity index (χ2v) is 4.58. The summed E-state index contributed by atoms with van der Waals surface area (Å²) >= 11 is 0. The van der Waals surface area contributed by atoms with E-state index in [-0.39, 0.29) is 0 Å². The summed E-state index contributed by atoms with van der Waals surface area (Å²) in [6, 6.07) is 12.9. The summed E-state index contributed by atoms with van der Waals surface area (Å²) in [6.07, 6.45) is 3.80. The molecular weight excluding hydrogens is 210 g/mol. The van der Waals surface area contributed by atoms with Crippen molar-refractivity contribution in [2.45, 2.75) is 25.3 Å². The Morgan fingerprint density at radius 2 is 2.00 bits per heavy atom. The summed E-state index contributed by atoms with van der Waals surface area (Å²) in [5.41, 5.74) is 3.42. The van der Waals surface area contributed by atoms with Gasteiger partial charge in [0.2, 0.25) is 0 Å². The molecule has 17 heavy (non-hydrogen) atoms. The molecule has 0 radical (unpaired) electrons. The molecule has 0 bridgehead atoms. The number of hydrogen-bond donors (Lipinski definition) is 2. The van der Waals surface area contributed by atoms with Gasteiger partial charge in [-0.15, -0.1) is 0 Å². The highest BCUT2D eigenvalue weighted by Gasteiger charge is 2.17. The molecular formula is C14H17N3. The highest BCUT2D eigenvalue weighted by atomic mass is 15.1. The molecule has 0 saturated carbocycles. The third-order valence-electron chi connectivity index (χ3n) is 3.35. The minimum Gasteiger partial charge on any atom is -0.309 e. The monoisotopic (exact) mass is 227 g/mol. The number of rotatable bonds is 2. The minimum absolute atomic E-state index is 0.453. The molecule has 0 amide bonds. The first-order valence-corrected chi connectivity index (χ1v) is 6.27. The van der Waals surface area contributed by atoms with Gasteiger partial charge in [0.25, 0.3) is 0 Å². The first kappa shape index (κ1) is 10.5. The summed E-state index contributed by atoms with van der Waals surface area (Å²) in [4.78, 5) is 0. The van der Waals surface area contributed by atoms with Gasteiger partial charge in [-0.1, -0.05) is 36.8 Å². The lowest BCUT2D eigenvalue weighted by molar-refractivity contribution is 0.405.